The molecule has 2 atom stereocenters. The van der Waals surface area contributed by atoms with Crippen molar-refractivity contribution in [1.82, 2.24) is 0 Å². The lowest BCUT2D eigenvalue weighted by molar-refractivity contribution is 0.290. The number of hydrogen-bond acceptors (Lipinski definition) is 1. The van der Waals surface area contributed by atoms with Crippen molar-refractivity contribution in [1.29, 1.82) is 0 Å². The Balaban J connectivity index is 1.99. The van der Waals surface area contributed by atoms with Gasteiger partial charge in [0.15, 0.2) is 0 Å². The Labute approximate surface area is 99.3 Å². The van der Waals surface area contributed by atoms with Crippen LogP contribution in [0.25, 0.3) is 0 Å². The standard InChI is InChI=1S/C12H12Cl2O/c13-8-4-5-9(10(14)7-8)12-6-2-1-3-11(12)15-12/h4-5,7,11H,1-3,6H2. The summed E-state index contributed by atoms with van der Waals surface area (Å²) in [5, 5.41) is 1.43. The lowest BCUT2D eigenvalue weighted by Gasteiger charge is -2.18. The maximum Gasteiger partial charge on any atom is 0.121 e. The Morgan fingerprint density at radius 1 is 1.27 bits per heavy atom. The number of benzene rings is 1. The molecule has 1 nitrogen and oxygen atoms in total. The van der Waals surface area contributed by atoms with Crippen LogP contribution in [0.3, 0.4) is 0 Å². The molecule has 3 rings (SSSR count). The summed E-state index contributed by atoms with van der Waals surface area (Å²) in [6.07, 6.45) is 5.16. The summed E-state index contributed by atoms with van der Waals surface area (Å²) in [4.78, 5) is 0. The molecule has 0 aromatic heterocycles. The quantitative estimate of drug-likeness (QED) is 0.674. The fourth-order valence-corrected chi connectivity index (χ4v) is 3.22. The molecule has 1 heterocycles. The number of rotatable bonds is 1. The lowest BCUT2D eigenvalue weighted by atomic mass is 9.84. The van der Waals surface area contributed by atoms with E-state index in [4.69, 9.17) is 27.9 Å². The highest BCUT2D eigenvalue weighted by Crippen LogP contribution is 2.56. The van der Waals surface area contributed by atoms with E-state index < -0.39 is 0 Å². The molecule has 1 aromatic carbocycles. The van der Waals surface area contributed by atoms with E-state index in [2.05, 4.69) is 0 Å². The van der Waals surface area contributed by atoms with Gasteiger partial charge in [0.05, 0.1) is 6.10 Å². The Morgan fingerprint density at radius 2 is 2.13 bits per heavy atom. The van der Waals surface area contributed by atoms with Crippen molar-refractivity contribution in [3.8, 4) is 0 Å². The largest absolute Gasteiger partial charge is 0.361 e. The van der Waals surface area contributed by atoms with Crippen molar-refractivity contribution in [3.63, 3.8) is 0 Å². The zero-order valence-corrected chi connectivity index (χ0v) is 9.81. The molecular weight excluding hydrogens is 231 g/mol. The summed E-state index contributed by atoms with van der Waals surface area (Å²) in [5.41, 5.74) is 1.05. The first-order valence-electron chi connectivity index (χ1n) is 5.36. The van der Waals surface area contributed by atoms with E-state index >= 15 is 0 Å². The fourth-order valence-electron chi connectivity index (χ4n) is 2.65. The predicted molar refractivity (Wildman–Crippen MR) is 61.5 cm³/mol. The first kappa shape index (κ1) is 9.95. The molecule has 1 aliphatic carbocycles. The second-order valence-corrected chi connectivity index (χ2v) is 5.21. The van der Waals surface area contributed by atoms with Crippen LogP contribution in [-0.4, -0.2) is 6.10 Å². The summed E-state index contributed by atoms with van der Waals surface area (Å²) < 4.78 is 5.84. The van der Waals surface area contributed by atoms with Gasteiger partial charge in [-0.2, -0.15) is 0 Å². The second kappa shape index (κ2) is 3.38. The van der Waals surface area contributed by atoms with Crippen molar-refractivity contribution in [2.45, 2.75) is 37.4 Å². The van der Waals surface area contributed by atoms with Crippen LogP contribution in [0.2, 0.25) is 10.0 Å². The summed E-state index contributed by atoms with van der Waals surface area (Å²) in [5.74, 6) is 0. The van der Waals surface area contributed by atoms with Gasteiger partial charge in [-0.1, -0.05) is 42.1 Å². The zero-order chi connectivity index (χ0) is 10.5. The van der Waals surface area contributed by atoms with Gasteiger partial charge in [0.2, 0.25) is 0 Å². The van der Waals surface area contributed by atoms with Gasteiger partial charge >= 0.3 is 0 Å². The molecule has 3 heteroatoms. The molecule has 2 aliphatic rings. The van der Waals surface area contributed by atoms with Crippen LogP contribution < -0.4 is 0 Å². The Morgan fingerprint density at radius 3 is 2.87 bits per heavy atom. The van der Waals surface area contributed by atoms with E-state index in [0.29, 0.717) is 11.1 Å². The third-order valence-corrected chi connectivity index (χ3v) is 4.01. The number of ether oxygens (including phenoxy) is 1. The van der Waals surface area contributed by atoms with Crippen molar-refractivity contribution in [2.75, 3.05) is 0 Å². The minimum atomic E-state index is -0.0695. The molecule has 1 saturated heterocycles. The number of hydrogen-bond donors (Lipinski definition) is 0. The van der Waals surface area contributed by atoms with E-state index in [1.165, 1.54) is 19.3 Å². The minimum Gasteiger partial charge on any atom is -0.361 e. The second-order valence-electron chi connectivity index (χ2n) is 4.37. The van der Waals surface area contributed by atoms with Crippen molar-refractivity contribution < 1.29 is 4.74 Å². The molecular formula is C12H12Cl2O. The van der Waals surface area contributed by atoms with E-state index in [0.717, 1.165) is 17.0 Å². The van der Waals surface area contributed by atoms with Crippen LogP contribution in [-0.2, 0) is 10.3 Å². The van der Waals surface area contributed by atoms with Gasteiger partial charge in [-0.05, 0) is 25.0 Å². The zero-order valence-electron chi connectivity index (χ0n) is 8.30. The highest BCUT2D eigenvalue weighted by atomic mass is 35.5. The van der Waals surface area contributed by atoms with Crippen molar-refractivity contribution >= 4 is 23.2 Å². The van der Waals surface area contributed by atoms with Crippen LogP contribution in [0.15, 0.2) is 18.2 Å². The molecule has 0 amide bonds. The molecule has 1 aromatic rings. The maximum absolute atomic E-state index is 6.21. The monoisotopic (exact) mass is 242 g/mol. The van der Waals surface area contributed by atoms with Crippen molar-refractivity contribution in [3.05, 3.63) is 33.8 Å². The fraction of sp³-hybridized carbons (Fsp3) is 0.500. The van der Waals surface area contributed by atoms with Crippen LogP contribution in [0.1, 0.15) is 31.2 Å². The van der Waals surface area contributed by atoms with Crippen LogP contribution >= 0.6 is 23.2 Å². The molecule has 2 fully saturated rings. The van der Waals surface area contributed by atoms with Gasteiger partial charge < -0.3 is 4.74 Å². The van der Waals surface area contributed by atoms with E-state index in [-0.39, 0.29) is 5.60 Å². The number of epoxide rings is 1. The molecule has 15 heavy (non-hydrogen) atoms. The van der Waals surface area contributed by atoms with Crippen LogP contribution in [0, 0.1) is 0 Å². The number of halogens is 2. The van der Waals surface area contributed by atoms with Crippen molar-refractivity contribution in [2.24, 2.45) is 0 Å². The first-order chi connectivity index (χ1) is 7.22. The van der Waals surface area contributed by atoms with Gasteiger partial charge in [-0.25, -0.2) is 0 Å². The molecule has 80 valence electrons. The highest BCUT2D eigenvalue weighted by Gasteiger charge is 2.58. The van der Waals surface area contributed by atoms with E-state index in [1.807, 2.05) is 12.1 Å². The molecule has 0 radical (unpaired) electrons. The molecule has 0 N–H and O–H groups in total. The van der Waals surface area contributed by atoms with Gasteiger partial charge in [0, 0.05) is 15.6 Å². The molecule has 2 unspecified atom stereocenters. The van der Waals surface area contributed by atoms with Gasteiger partial charge in [-0.3, -0.25) is 0 Å². The summed E-state index contributed by atoms with van der Waals surface area (Å²) >= 11 is 12.1. The average molecular weight is 243 g/mol. The molecule has 0 bridgehead atoms. The summed E-state index contributed by atoms with van der Waals surface area (Å²) in [6.45, 7) is 0. The summed E-state index contributed by atoms with van der Waals surface area (Å²) in [6, 6.07) is 5.71. The minimum absolute atomic E-state index is 0.0695. The molecule has 1 aliphatic heterocycles. The normalized spacial score (nSPS) is 33.6. The van der Waals surface area contributed by atoms with E-state index in [9.17, 15) is 0 Å². The van der Waals surface area contributed by atoms with E-state index in [1.54, 1.807) is 6.07 Å². The SMILES string of the molecule is Clc1ccc(C23CCCCC2O3)c(Cl)c1. The van der Waals surface area contributed by atoms with Gasteiger partial charge in [-0.15, -0.1) is 0 Å². The van der Waals surface area contributed by atoms with Crippen LogP contribution in [0.4, 0.5) is 0 Å². The predicted octanol–water partition coefficient (Wildman–Crippen LogP) is 4.16. The Bertz CT molecular complexity index is 405. The highest BCUT2D eigenvalue weighted by molar-refractivity contribution is 6.35. The number of fused-ring (bicyclic) bond motifs is 1. The maximum atomic E-state index is 6.21. The third-order valence-electron chi connectivity index (χ3n) is 3.47. The smallest absolute Gasteiger partial charge is 0.121 e. The third kappa shape index (κ3) is 1.49. The van der Waals surface area contributed by atoms with Crippen LogP contribution in [0.5, 0.6) is 0 Å². The van der Waals surface area contributed by atoms with Gasteiger partial charge in [0.1, 0.15) is 5.60 Å². The Kier molecular flexibility index (Phi) is 2.24. The Hall–Kier alpha value is -0.240. The lowest BCUT2D eigenvalue weighted by Crippen LogP contribution is -2.17. The molecule has 1 saturated carbocycles. The average Bonchev–Trinajstić information content (AvgIpc) is 2.92. The first-order valence-corrected chi connectivity index (χ1v) is 6.11. The van der Waals surface area contributed by atoms with Gasteiger partial charge in [0.25, 0.3) is 0 Å². The molecule has 0 spiro atoms. The summed E-state index contributed by atoms with van der Waals surface area (Å²) in [7, 11) is 0. The topological polar surface area (TPSA) is 12.5 Å².